The normalized spacial score (nSPS) is 12.1. The molecule has 0 amide bonds. The standard InChI is InChI=1S/C18H19N3OS/c1-18(2,3)17-19-14(12-23-17)10-9-13-11-21(20-16(13)22)15-7-5-4-6-8-15/h4-12H,1-3H3,(H,20,22). The Labute approximate surface area is 139 Å². The second-order valence-electron chi connectivity index (χ2n) is 6.39. The van der Waals surface area contributed by atoms with Crippen LogP contribution >= 0.6 is 11.3 Å². The Kier molecular flexibility index (Phi) is 4.05. The van der Waals surface area contributed by atoms with Crippen LogP contribution in [0.3, 0.4) is 0 Å². The van der Waals surface area contributed by atoms with Gasteiger partial charge in [-0.15, -0.1) is 11.3 Å². The number of para-hydroxylation sites is 1. The van der Waals surface area contributed by atoms with Gasteiger partial charge in [0.2, 0.25) is 0 Å². The summed E-state index contributed by atoms with van der Waals surface area (Å²) in [6.45, 7) is 6.43. The second-order valence-corrected chi connectivity index (χ2v) is 7.25. The van der Waals surface area contributed by atoms with Gasteiger partial charge < -0.3 is 0 Å². The molecule has 0 radical (unpaired) electrons. The van der Waals surface area contributed by atoms with Crippen molar-refractivity contribution in [3.05, 3.63) is 68.5 Å². The van der Waals surface area contributed by atoms with Crippen LogP contribution in [-0.4, -0.2) is 14.8 Å². The minimum Gasteiger partial charge on any atom is -0.267 e. The van der Waals surface area contributed by atoms with E-state index in [1.54, 1.807) is 28.3 Å². The second kappa shape index (κ2) is 6.01. The topological polar surface area (TPSA) is 50.7 Å². The van der Waals surface area contributed by atoms with Crippen molar-refractivity contribution in [2.24, 2.45) is 0 Å². The molecule has 0 aliphatic rings. The Morgan fingerprint density at radius 1 is 1.17 bits per heavy atom. The smallest absolute Gasteiger partial charge is 0.267 e. The van der Waals surface area contributed by atoms with Crippen LogP contribution in [0.4, 0.5) is 0 Å². The molecule has 0 saturated heterocycles. The van der Waals surface area contributed by atoms with E-state index < -0.39 is 0 Å². The molecule has 0 aliphatic heterocycles. The molecule has 1 aromatic carbocycles. The van der Waals surface area contributed by atoms with Crippen LogP contribution in [0, 0.1) is 0 Å². The molecule has 1 N–H and O–H groups in total. The first-order valence-corrected chi connectivity index (χ1v) is 8.32. The van der Waals surface area contributed by atoms with E-state index in [2.05, 4.69) is 30.9 Å². The molecule has 118 valence electrons. The van der Waals surface area contributed by atoms with Gasteiger partial charge in [0.25, 0.3) is 5.56 Å². The van der Waals surface area contributed by atoms with Crippen LogP contribution in [0.25, 0.3) is 17.8 Å². The van der Waals surface area contributed by atoms with E-state index in [-0.39, 0.29) is 11.0 Å². The summed E-state index contributed by atoms with van der Waals surface area (Å²) in [4.78, 5) is 16.7. The summed E-state index contributed by atoms with van der Waals surface area (Å²) < 4.78 is 1.73. The van der Waals surface area contributed by atoms with Crippen molar-refractivity contribution >= 4 is 23.5 Å². The summed E-state index contributed by atoms with van der Waals surface area (Å²) in [5, 5.41) is 5.92. The Morgan fingerprint density at radius 2 is 1.91 bits per heavy atom. The molecular formula is C18H19N3OS. The molecule has 0 unspecified atom stereocenters. The summed E-state index contributed by atoms with van der Waals surface area (Å²) >= 11 is 1.64. The highest BCUT2D eigenvalue weighted by atomic mass is 32.1. The fraction of sp³-hybridized carbons (Fsp3) is 0.222. The van der Waals surface area contributed by atoms with Gasteiger partial charge >= 0.3 is 0 Å². The molecule has 5 heteroatoms. The Morgan fingerprint density at radius 3 is 2.57 bits per heavy atom. The van der Waals surface area contributed by atoms with Gasteiger partial charge in [0.1, 0.15) is 0 Å². The fourth-order valence-corrected chi connectivity index (χ4v) is 3.01. The molecule has 0 bridgehead atoms. The molecule has 0 saturated carbocycles. The number of hydrogen-bond donors (Lipinski definition) is 1. The van der Waals surface area contributed by atoms with Crippen LogP contribution in [0.2, 0.25) is 0 Å². The lowest BCUT2D eigenvalue weighted by atomic mass is 9.98. The molecule has 4 nitrogen and oxygen atoms in total. The van der Waals surface area contributed by atoms with Gasteiger partial charge in [0.15, 0.2) is 0 Å². The van der Waals surface area contributed by atoms with Crippen molar-refractivity contribution in [3.8, 4) is 5.69 Å². The van der Waals surface area contributed by atoms with Gasteiger partial charge in [0, 0.05) is 17.0 Å². The van der Waals surface area contributed by atoms with Crippen molar-refractivity contribution in [2.45, 2.75) is 26.2 Å². The van der Waals surface area contributed by atoms with Crippen LogP contribution in [0.15, 0.2) is 46.7 Å². The number of benzene rings is 1. The monoisotopic (exact) mass is 325 g/mol. The predicted molar refractivity (Wildman–Crippen MR) is 96.1 cm³/mol. The lowest BCUT2D eigenvalue weighted by Crippen LogP contribution is -2.10. The highest BCUT2D eigenvalue weighted by Crippen LogP contribution is 2.26. The van der Waals surface area contributed by atoms with Gasteiger partial charge in [-0.25, -0.2) is 4.98 Å². The van der Waals surface area contributed by atoms with Crippen LogP contribution in [0.1, 0.15) is 37.0 Å². The van der Waals surface area contributed by atoms with Crippen molar-refractivity contribution in [1.82, 2.24) is 14.8 Å². The minimum absolute atomic E-state index is 0.0465. The van der Waals surface area contributed by atoms with Crippen molar-refractivity contribution < 1.29 is 0 Å². The Hall–Kier alpha value is -2.40. The first-order valence-electron chi connectivity index (χ1n) is 7.45. The number of aromatic amines is 1. The summed E-state index contributed by atoms with van der Waals surface area (Å²) in [6.07, 6.45) is 5.48. The van der Waals surface area contributed by atoms with Gasteiger partial charge in [0.05, 0.1) is 22.0 Å². The zero-order chi connectivity index (χ0) is 16.4. The zero-order valence-corrected chi connectivity index (χ0v) is 14.2. The van der Waals surface area contributed by atoms with Gasteiger partial charge in [-0.2, -0.15) is 0 Å². The van der Waals surface area contributed by atoms with E-state index in [1.807, 2.05) is 41.8 Å². The molecule has 23 heavy (non-hydrogen) atoms. The summed E-state index contributed by atoms with van der Waals surface area (Å²) in [5.74, 6) is 0. The molecule has 2 heterocycles. The highest BCUT2D eigenvalue weighted by Gasteiger charge is 2.17. The van der Waals surface area contributed by atoms with Crippen LogP contribution in [-0.2, 0) is 5.41 Å². The number of nitrogens with one attached hydrogen (secondary N) is 1. The average molecular weight is 325 g/mol. The minimum atomic E-state index is -0.114. The SMILES string of the molecule is CC(C)(C)c1nc(C=Cc2cn(-c3ccccc3)[nH]c2=O)cs1. The predicted octanol–water partition coefficient (Wildman–Crippen LogP) is 4.09. The number of nitrogens with zero attached hydrogens (tertiary/aromatic N) is 2. The number of rotatable bonds is 3. The molecule has 0 fully saturated rings. The lowest BCUT2D eigenvalue weighted by molar-refractivity contribution is 0.585. The summed E-state index contributed by atoms with van der Waals surface area (Å²) in [6, 6.07) is 9.71. The third-order valence-corrected chi connectivity index (χ3v) is 4.67. The maximum absolute atomic E-state index is 12.1. The molecule has 3 rings (SSSR count). The van der Waals surface area contributed by atoms with E-state index in [4.69, 9.17) is 0 Å². The lowest BCUT2D eigenvalue weighted by Gasteiger charge is -2.13. The largest absolute Gasteiger partial charge is 0.271 e. The Bertz CT molecular complexity index is 879. The van der Waals surface area contributed by atoms with E-state index in [0.717, 1.165) is 16.4 Å². The number of hydrogen-bond acceptors (Lipinski definition) is 3. The maximum atomic E-state index is 12.1. The van der Waals surface area contributed by atoms with Crippen molar-refractivity contribution in [2.75, 3.05) is 0 Å². The molecule has 0 spiro atoms. The molecular weight excluding hydrogens is 306 g/mol. The van der Waals surface area contributed by atoms with Crippen LogP contribution < -0.4 is 5.56 Å². The zero-order valence-electron chi connectivity index (χ0n) is 13.4. The molecule has 0 atom stereocenters. The molecule has 2 aromatic heterocycles. The van der Waals surface area contributed by atoms with Crippen molar-refractivity contribution in [3.63, 3.8) is 0 Å². The van der Waals surface area contributed by atoms with Crippen molar-refractivity contribution in [1.29, 1.82) is 0 Å². The van der Waals surface area contributed by atoms with E-state index in [9.17, 15) is 4.79 Å². The number of aromatic nitrogens is 3. The molecule has 3 aromatic rings. The summed E-state index contributed by atoms with van der Waals surface area (Å²) in [5.41, 5.74) is 2.35. The van der Waals surface area contributed by atoms with Gasteiger partial charge in [-0.05, 0) is 24.3 Å². The maximum Gasteiger partial charge on any atom is 0.271 e. The third kappa shape index (κ3) is 3.51. The fourth-order valence-electron chi connectivity index (χ4n) is 2.13. The quantitative estimate of drug-likeness (QED) is 0.788. The first-order chi connectivity index (χ1) is 10.9. The number of H-pyrrole nitrogens is 1. The van der Waals surface area contributed by atoms with Gasteiger partial charge in [-0.3, -0.25) is 14.6 Å². The van der Waals surface area contributed by atoms with E-state index in [0.29, 0.717) is 5.56 Å². The average Bonchev–Trinajstić information content (AvgIpc) is 3.12. The van der Waals surface area contributed by atoms with Crippen LogP contribution in [0.5, 0.6) is 0 Å². The third-order valence-electron chi connectivity index (χ3n) is 3.38. The van der Waals surface area contributed by atoms with Gasteiger partial charge in [-0.1, -0.05) is 39.0 Å². The number of thiazole rings is 1. The molecule has 0 aliphatic carbocycles. The van der Waals surface area contributed by atoms with E-state index >= 15 is 0 Å². The Balaban J connectivity index is 1.85. The van der Waals surface area contributed by atoms with E-state index in [1.165, 1.54) is 0 Å². The first kappa shape index (κ1) is 15.5. The summed E-state index contributed by atoms with van der Waals surface area (Å²) in [7, 11) is 0. The highest BCUT2D eigenvalue weighted by molar-refractivity contribution is 7.09.